The highest BCUT2D eigenvalue weighted by Gasteiger charge is 2.09. The van der Waals surface area contributed by atoms with E-state index in [1.54, 1.807) is 6.26 Å². The van der Waals surface area contributed by atoms with Crippen LogP contribution >= 0.6 is 0 Å². The zero-order valence-corrected chi connectivity index (χ0v) is 9.98. The van der Waals surface area contributed by atoms with Gasteiger partial charge in [0.05, 0.1) is 6.26 Å². The number of benzene rings is 1. The Kier molecular flexibility index (Phi) is 3.01. The molecule has 0 unspecified atom stereocenters. The Bertz CT molecular complexity index is 484. The largest absolute Gasteiger partial charge is 0.464 e. The summed E-state index contributed by atoms with van der Waals surface area (Å²) in [7, 11) is 0. The monoisotopic (exact) mass is 230 g/mol. The van der Waals surface area contributed by atoms with E-state index >= 15 is 0 Å². The van der Waals surface area contributed by atoms with Gasteiger partial charge in [-0.1, -0.05) is 0 Å². The van der Waals surface area contributed by atoms with Gasteiger partial charge in [-0.15, -0.1) is 0 Å². The number of nitrogens with one attached hydrogen (secondary N) is 1. The van der Waals surface area contributed by atoms with Crippen molar-refractivity contribution in [1.29, 1.82) is 0 Å². The molecule has 1 saturated heterocycles. The van der Waals surface area contributed by atoms with Gasteiger partial charge in [0.15, 0.2) is 0 Å². The second-order valence-electron chi connectivity index (χ2n) is 4.59. The number of fused-ring (bicyclic) bond motifs is 1. The first kappa shape index (κ1) is 10.7. The molecule has 1 fully saturated rings. The van der Waals surface area contributed by atoms with Crippen molar-refractivity contribution in [3.63, 3.8) is 0 Å². The number of nitrogens with zero attached hydrogens (tertiary/aromatic N) is 1. The predicted octanol–water partition coefficient (Wildman–Crippen LogP) is 2.62. The van der Waals surface area contributed by atoms with E-state index in [2.05, 4.69) is 28.4 Å². The van der Waals surface area contributed by atoms with Gasteiger partial charge in [-0.2, -0.15) is 0 Å². The highest BCUT2D eigenvalue weighted by Crippen LogP contribution is 2.23. The molecule has 3 rings (SSSR count). The van der Waals surface area contributed by atoms with E-state index < -0.39 is 0 Å². The van der Waals surface area contributed by atoms with E-state index in [0.29, 0.717) is 0 Å². The minimum Gasteiger partial charge on any atom is -0.464 e. The van der Waals surface area contributed by atoms with Crippen LogP contribution in [0.15, 0.2) is 34.9 Å². The molecule has 90 valence electrons. The first-order chi connectivity index (χ1) is 8.43. The molecule has 0 spiro atoms. The average molecular weight is 230 g/mol. The molecule has 3 heteroatoms. The van der Waals surface area contributed by atoms with Crippen LogP contribution in [0.25, 0.3) is 11.0 Å². The van der Waals surface area contributed by atoms with E-state index in [1.807, 2.05) is 6.07 Å². The Morgan fingerprint density at radius 1 is 1.06 bits per heavy atom. The summed E-state index contributed by atoms with van der Waals surface area (Å²) in [6, 6.07) is 8.50. The third-order valence-electron chi connectivity index (χ3n) is 3.36. The summed E-state index contributed by atoms with van der Waals surface area (Å²) >= 11 is 0. The second-order valence-corrected chi connectivity index (χ2v) is 4.59. The summed E-state index contributed by atoms with van der Waals surface area (Å²) in [5.74, 6) is 0. The van der Waals surface area contributed by atoms with Gasteiger partial charge in [-0.3, -0.25) is 0 Å². The fourth-order valence-electron chi connectivity index (χ4n) is 2.44. The predicted molar refractivity (Wildman–Crippen MR) is 70.5 cm³/mol. The molecule has 1 aromatic heterocycles. The molecule has 0 saturated carbocycles. The van der Waals surface area contributed by atoms with Crippen LogP contribution in [-0.4, -0.2) is 26.2 Å². The van der Waals surface area contributed by atoms with Gasteiger partial charge in [0.25, 0.3) is 0 Å². The van der Waals surface area contributed by atoms with Crippen molar-refractivity contribution >= 4 is 16.7 Å². The molecular formula is C14H18N2O. The molecule has 3 nitrogen and oxygen atoms in total. The van der Waals surface area contributed by atoms with Gasteiger partial charge >= 0.3 is 0 Å². The van der Waals surface area contributed by atoms with Gasteiger partial charge in [-0.25, -0.2) is 0 Å². The highest BCUT2D eigenvalue weighted by molar-refractivity contribution is 5.81. The van der Waals surface area contributed by atoms with Crippen molar-refractivity contribution in [3.05, 3.63) is 30.5 Å². The maximum atomic E-state index is 5.38. The van der Waals surface area contributed by atoms with Crippen LogP contribution in [0.4, 0.5) is 5.69 Å². The van der Waals surface area contributed by atoms with E-state index in [0.717, 1.165) is 31.8 Å². The summed E-state index contributed by atoms with van der Waals surface area (Å²) in [6.07, 6.45) is 4.18. The molecule has 1 aromatic carbocycles. The molecule has 17 heavy (non-hydrogen) atoms. The van der Waals surface area contributed by atoms with Crippen LogP contribution in [0.3, 0.4) is 0 Å². The maximum Gasteiger partial charge on any atom is 0.133 e. The summed E-state index contributed by atoms with van der Waals surface area (Å²) in [5, 5.41) is 4.64. The molecule has 0 aliphatic carbocycles. The topological polar surface area (TPSA) is 28.4 Å². The van der Waals surface area contributed by atoms with Gasteiger partial charge in [0, 0.05) is 24.2 Å². The minimum atomic E-state index is 0.975. The lowest BCUT2D eigenvalue weighted by Gasteiger charge is -2.27. The third-order valence-corrected chi connectivity index (χ3v) is 3.36. The molecule has 1 aliphatic heterocycles. The maximum absolute atomic E-state index is 5.38. The zero-order chi connectivity index (χ0) is 11.5. The number of furan rings is 1. The molecule has 0 radical (unpaired) electrons. The normalized spacial score (nSPS) is 18.0. The van der Waals surface area contributed by atoms with Crippen molar-refractivity contribution < 1.29 is 4.42 Å². The molecule has 0 atom stereocenters. The van der Waals surface area contributed by atoms with Crippen LogP contribution in [0, 0.1) is 0 Å². The molecular weight excluding hydrogens is 212 g/mol. The molecule has 1 N–H and O–H groups in total. The van der Waals surface area contributed by atoms with Crippen LogP contribution in [0.5, 0.6) is 0 Å². The summed E-state index contributed by atoms with van der Waals surface area (Å²) in [6.45, 7) is 4.53. The molecule has 0 bridgehead atoms. The lowest BCUT2D eigenvalue weighted by atomic mass is 10.2. The van der Waals surface area contributed by atoms with Crippen molar-refractivity contribution in [2.24, 2.45) is 0 Å². The van der Waals surface area contributed by atoms with E-state index in [1.165, 1.54) is 23.9 Å². The number of hydrogen-bond donors (Lipinski definition) is 1. The Hall–Kier alpha value is -1.48. The Morgan fingerprint density at radius 3 is 2.71 bits per heavy atom. The van der Waals surface area contributed by atoms with Crippen molar-refractivity contribution in [1.82, 2.24) is 5.32 Å². The fourth-order valence-corrected chi connectivity index (χ4v) is 2.44. The summed E-state index contributed by atoms with van der Waals surface area (Å²) < 4.78 is 5.38. The van der Waals surface area contributed by atoms with Gasteiger partial charge in [-0.05, 0) is 50.2 Å². The molecule has 2 heterocycles. The van der Waals surface area contributed by atoms with Crippen LogP contribution in [-0.2, 0) is 0 Å². The minimum absolute atomic E-state index is 0.975. The van der Waals surface area contributed by atoms with E-state index in [4.69, 9.17) is 4.42 Å². The standard InChI is InChI=1S/C14H18N2O/c1-6-15-7-2-9-16(8-1)13-3-4-14-12(11-13)5-10-17-14/h3-5,10-11,15H,1-2,6-9H2. The van der Waals surface area contributed by atoms with Crippen LogP contribution < -0.4 is 10.2 Å². The Balaban J connectivity index is 1.84. The molecule has 2 aromatic rings. The number of anilines is 1. The van der Waals surface area contributed by atoms with Crippen LogP contribution in [0.1, 0.15) is 12.8 Å². The highest BCUT2D eigenvalue weighted by atomic mass is 16.3. The smallest absolute Gasteiger partial charge is 0.133 e. The first-order valence-corrected chi connectivity index (χ1v) is 6.36. The molecule has 0 amide bonds. The first-order valence-electron chi connectivity index (χ1n) is 6.36. The Morgan fingerprint density at radius 2 is 1.88 bits per heavy atom. The van der Waals surface area contributed by atoms with Crippen molar-refractivity contribution in [3.8, 4) is 0 Å². The second kappa shape index (κ2) is 4.80. The zero-order valence-electron chi connectivity index (χ0n) is 9.98. The summed E-state index contributed by atoms with van der Waals surface area (Å²) in [4.78, 5) is 2.48. The van der Waals surface area contributed by atoms with Gasteiger partial charge in [0.2, 0.25) is 0 Å². The average Bonchev–Trinajstić information content (AvgIpc) is 2.75. The number of hydrogen-bond acceptors (Lipinski definition) is 3. The van der Waals surface area contributed by atoms with Crippen molar-refractivity contribution in [2.75, 3.05) is 31.1 Å². The third kappa shape index (κ3) is 2.29. The quantitative estimate of drug-likeness (QED) is 0.816. The lowest BCUT2D eigenvalue weighted by molar-refractivity contribution is 0.567. The SMILES string of the molecule is c1cc2cc(N3CCCNCCC3)ccc2o1. The molecule has 1 aliphatic rings. The number of rotatable bonds is 1. The summed E-state index contributed by atoms with van der Waals surface area (Å²) in [5.41, 5.74) is 2.29. The fraction of sp³-hybridized carbons (Fsp3) is 0.429. The van der Waals surface area contributed by atoms with Gasteiger partial charge in [0.1, 0.15) is 5.58 Å². The van der Waals surface area contributed by atoms with E-state index in [9.17, 15) is 0 Å². The Labute approximate surface area is 101 Å². The van der Waals surface area contributed by atoms with Crippen LogP contribution in [0.2, 0.25) is 0 Å². The van der Waals surface area contributed by atoms with Crippen molar-refractivity contribution in [2.45, 2.75) is 12.8 Å². The van der Waals surface area contributed by atoms with Gasteiger partial charge < -0.3 is 14.6 Å². The lowest BCUT2D eigenvalue weighted by Crippen LogP contribution is -2.33. The van der Waals surface area contributed by atoms with E-state index in [-0.39, 0.29) is 0 Å².